The second-order valence-corrected chi connectivity index (χ2v) is 8.20. The summed E-state index contributed by atoms with van der Waals surface area (Å²) in [5.41, 5.74) is 3.10. The zero-order valence-corrected chi connectivity index (χ0v) is 18.6. The molecule has 0 saturated carbocycles. The molecule has 0 aliphatic carbocycles. The van der Waals surface area contributed by atoms with Crippen LogP contribution in [0.4, 0.5) is 5.00 Å². The number of methoxy groups -OCH3 is 1. The molecule has 0 radical (unpaired) electrons. The number of rotatable bonds is 6. The Kier molecular flexibility index (Phi) is 6.87. The summed E-state index contributed by atoms with van der Waals surface area (Å²) < 4.78 is 4.89. The van der Waals surface area contributed by atoms with Gasteiger partial charge >= 0.3 is 5.97 Å². The average Bonchev–Trinajstić information content (AvgIpc) is 3.10. The molecule has 0 fully saturated rings. The summed E-state index contributed by atoms with van der Waals surface area (Å²) in [6.45, 7) is 5.49. The van der Waals surface area contributed by atoms with Crippen LogP contribution in [0.25, 0.3) is 0 Å². The van der Waals surface area contributed by atoms with Crippen LogP contribution in [0.2, 0.25) is 0 Å². The lowest BCUT2D eigenvalue weighted by molar-refractivity contribution is 0.0601. The molecular weight excluding hydrogens is 412 g/mol. The molecule has 3 aromatic rings. The van der Waals surface area contributed by atoms with Crippen molar-refractivity contribution >= 4 is 34.1 Å². The molecule has 0 aliphatic rings. The van der Waals surface area contributed by atoms with Crippen molar-refractivity contribution in [2.75, 3.05) is 12.4 Å². The van der Waals surface area contributed by atoms with Gasteiger partial charge in [-0.1, -0.05) is 48.0 Å². The van der Waals surface area contributed by atoms with Crippen molar-refractivity contribution in [1.82, 2.24) is 5.32 Å². The Hall–Kier alpha value is -3.45. The zero-order valence-electron chi connectivity index (χ0n) is 17.8. The zero-order chi connectivity index (χ0) is 22.5. The van der Waals surface area contributed by atoms with E-state index in [-0.39, 0.29) is 28.4 Å². The highest BCUT2D eigenvalue weighted by Crippen LogP contribution is 2.34. The van der Waals surface area contributed by atoms with Crippen molar-refractivity contribution in [3.8, 4) is 0 Å². The van der Waals surface area contributed by atoms with Crippen molar-refractivity contribution in [3.05, 3.63) is 87.3 Å². The Balaban J connectivity index is 1.89. The highest BCUT2D eigenvalue weighted by molar-refractivity contribution is 7.18. The van der Waals surface area contributed by atoms with Crippen molar-refractivity contribution in [3.63, 3.8) is 0 Å². The van der Waals surface area contributed by atoms with Gasteiger partial charge in [0.25, 0.3) is 11.8 Å². The fraction of sp³-hybridized carbons (Fsp3) is 0.208. The summed E-state index contributed by atoms with van der Waals surface area (Å²) in [5, 5.41) is 5.99. The Bertz CT molecular complexity index is 1100. The lowest BCUT2D eigenvalue weighted by atomic mass is 10.1. The van der Waals surface area contributed by atoms with E-state index in [9.17, 15) is 14.4 Å². The van der Waals surface area contributed by atoms with Crippen molar-refractivity contribution in [1.29, 1.82) is 0 Å². The van der Waals surface area contributed by atoms with Crippen LogP contribution in [0.5, 0.6) is 0 Å². The Morgan fingerprint density at radius 1 is 0.935 bits per heavy atom. The molecule has 6 nitrogen and oxygen atoms in total. The molecule has 1 atom stereocenters. The lowest BCUT2D eigenvalue weighted by Crippen LogP contribution is -2.26. The molecule has 3 rings (SSSR count). The number of amides is 2. The number of esters is 1. The number of carbonyl (C=O) groups excluding carboxylic acids is 3. The van der Waals surface area contributed by atoms with Crippen LogP contribution in [-0.4, -0.2) is 24.9 Å². The maximum absolute atomic E-state index is 13.0. The van der Waals surface area contributed by atoms with Gasteiger partial charge in [0.1, 0.15) is 5.00 Å². The van der Waals surface area contributed by atoms with E-state index in [1.54, 1.807) is 19.1 Å². The summed E-state index contributed by atoms with van der Waals surface area (Å²) in [6, 6.07) is 16.4. The van der Waals surface area contributed by atoms with E-state index in [1.165, 1.54) is 7.11 Å². The Morgan fingerprint density at radius 2 is 1.58 bits per heavy atom. The predicted octanol–water partition coefficient (Wildman–Crippen LogP) is 4.89. The van der Waals surface area contributed by atoms with Crippen molar-refractivity contribution in [2.24, 2.45) is 0 Å². The third-order valence-electron chi connectivity index (χ3n) is 4.93. The largest absolute Gasteiger partial charge is 0.465 e. The third-order valence-corrected chi connectivity index (χ3v) is 6.14. The number of aryl methyl sites for hydroxylation is 1. The molecule has 31 heavy (non-hydrogen) atoms. The summed E-state index contributed by atoms with van der Waals surface area (Å²) in [7, 11) is 1.27. The van der Waals surface area contributed by atoms with Crippen molar-refractivity contribution < 1.29 is 19.1 Å². The molecule has 1 heterocycles. The molecule has 2 N–H and O–H groups in total. The van der Waals surface area contributed by atoms with Crippen LogP contribution < -0.4 is 10.6 Å². The molecule has 1 aromatic heterocycles. The predicted molar refractivity (Wildman–Crippen MR) is 122 cm³/mol. The summed E-state index contributed by atoms with van der Waals surface area (Å²) in [5.74, 6) is -1.29. The van der Waals surface area contributed by atoms with E-state index >= 15 is 0 Å². The molecule has 7 heteroatoms. The van der Waals surface area contributed by atoms with Crippen molar-refractivity contribution in [2.45, 2.75) is 26.8 Å². The van der Waals surface area contributed by atoms with E-state index in [2.05, 4.69) is 10.6 Å². The van der Waals surface area contributed by atoms with E-state index < -0.39 is 5.97 Å². The van der Waals surface area contributed by atoms with Gasteiger partial charge in [-0.05, 0) is 44.0 Å². The van der Waals surface area contributed by atoms with Gasteiger partial charge in [-0.25, -0.2) is 4.79 Å². The van der Waals surface area contributed by atoms with Gasteiger partial charge in [0.05, 0.1) is 23.6 Å². The number of nitrogens with one attached hydrogen (secondary N) is 2. The fourth-order valence-electron chi connectivity index (χ4n) is 3.13. The average molecular weight is 437 g/mol. The fourth-order valence-corrected chi connectivity index (χ4v) is 4.23. The topological polar surface area (TPSA) is 84.5 Å². The maximum atomic E-state index is 13.0. The molecule has 0 bridgehead atoms. The van der Waals surface area contributed by atoms with Crippen LogP contribution in [-0.2, 0) is 4.74 Å². The minimum absolute atomic E-state index is 0.186. The van der Waals surface area contributed by atoms with E-state index in [4.69, 9.17) is 4.74 Å². The number of carbonyl (C=O) groups is 3. The molecule has 1 unspecified atom stereocenters. The van der Waals surface area contributed by atoms with Gasteiger partial charge in [0, 0.05) is 5.56 Å². The molecule has 2 aromatic carbocycles. The first-order valence-electron chi connectivity index (χ1n) is 9.77. The molecule has 0 saturated heterocycles. The van der Waals surface area contributed by atoms with Crippen LogP contribution >= 0.6 is 11.3 Å². The maximum Gasteiger partial charge on any atom is 0.341 e. The van der Waals surface area contributed by atoms with Gasteiger partial charge in [-0.15, -0.1) is 11.3 Å². The van der Waals surface area contributed by atoms with E-state index in [0.717, 1.165) is 22.5 Å². The first-order valence-corrected chi connectivity index (χ1v) is 10.6. The second kappa shape index (κ2) is 9.57. The Labute approximate surface area is 185 Å². The van der Waals surface area contributed by atoms with Crippen LogP contribution in [0, 0.1) is 13.8 Å². The van der Waals surface area contributed by atoms with Gasteiger partial charge in [0.2, 0.25) is 0 Å². The second-order valence-electron chi connectivity index (χ2n) is 7.18. The van der Waals surface area contributed by atoms with Crippen LogP contribution in [0.15, 0.2) is 54.6 Å². The van der Waals surface area contributed by atoms with E-state index in [1.807, 2.05) is 56.3 Å². The summed E-state index contributed by atoms with van der Waals surface area (Å²) in [6.07, 6.45) is 0. The molecular formula is C24H24N2O4S. The standard InChI is InChI=1S/C24H24N2O4S/c1-14-10-12-18(13-11-14)21(27)26-23-19(24(29)30-4)15(2)20(31-23)22(28)25-16(3)17-8-6-5-7-9-17/h5-13,16H,1-4H3,(H,25,28)(H,26,27). The molecule has 2 amide bonds. The smallest absolute Gasteiger partial charge is 0.341 e. The first kappa shape index (κ1) is 22.2. The van der Waals surface area contributed by atoms with Gasteiger partial charge in [0.15, 0.2) is 0 Å². The molecule has 0 spiro atoms. The molecule has 160 valence electrons. The number of thiophene rings is 1. The third kappa shape index (κ3) is 5.00. The number of benzene rings is 2. The first-order chi connectivity index (χ1) is 14.8. The van der Waals surface area contributed by atoms with Crippen LogP contribution in [0.3, 0.4) is 0 Å². The lowest BCUT2D eigenvalue weighted by Gasteiger charge is -2.14. The van der Waals surface area contributed by atoms with Crippen LogP contribution in [0.1, 0.15) is 60.0 Å². The number of hydrogen-bond donors (Lipinski definition) is 2. The summed E-state index contributed by atoms with van der Waals surface area (Å²) >= 11 is 1.06. The SMILES string of the molecule is COC(=O)c1c(NC(=O)c2ccc(C)cc2)sc(C(=O)NC(C)c2ccccc2)c1C. The number of ether oxygens (including phenoxy) is 1. The number of anilines is 1. The monoisotopic (exact) mass is 436 g/mol. The minimum atomic E-state index is -0.608. The quantitative estimate of drug-likeness (QED) is 0.539. The van der Waals surface area contributed by atoms with Gasteiger partial charge in [-0.2, -0.15) is 0 Å². The van der Waals surface area contributed by atoms with Gasteiger partial charge < -0.3 is 15.4 Å². The highest BCUT2D eigenvalue weighted by atomic mass is 32.1. The van der Waals surface area contributed by atoms with E-state index in [0.29, 0.717) is 16.0 Å². The normalized spacial score (nSPS) is 11.5. The summed E-state index contributed by atoms with van der Waals surface area (Å²) in [4.78, 5) is 38.4. The minimum Gasteiger partial charge on any atom is -0.465 e. The van der Waals surface area contributed by atoms with Gasteiger partial charge in [-0.3, -0.25) is 9.59 Å². The number of hydrogen-bond acceptors (Lipinski definition) is 5. The highest BCUT2D eigenvalue weighted by Gasteiger charge is 2.27. The molecule has 0 aliphatic heterocycles. The Morgan fingerprint density at radius 3 is 2.19 bits per heavy atom.